The Kier molecular flexibility index (Phi) is 1.85. The van der Waals surface area contributed by atoms with Gasteiger partial charge in [-0.1, -0.05) is 0 Å². The van der Waals surface area contributed by atoms with Crippen LogP contribution in [-0.4, -0.2) is 15.9 Å². The second-order valence-corrected chi connectivity index (χ2v) is 2.23. The number of rotatable bonds is 1. The molecule has 0 N–H and O–H groups in total. The zero-order valence-corrected chi connectivity index (χ0v) is 6.29. The summed E-state index contributed by atoms with van der Waals surface area (Å²) in [6, 6.07) is 0. The Balaban J connectivity index is 3.20. The Morgan fingerprint density at radius 3 is 2.64 bits per heavy atom. The lowest BCUT2D eigenvalue weighted by Gasteiger charge is -2.03. The van der Waals surface area contributed by atoms with Crippen LogP contribution < -0.4 is 5.11 Å². The quantitative estimate of drug-likeness (QED) is 0.540. The van der Waals surface area contributed by atoms with Crippen molar-refractivity contribution >= 4 is 5.97 Å². The molecule has 1 aromatic rings. The zero-order valence-electron chi connectivity index (χ0n) is 6.29. The van der Waals surface area contributed by atoms with Gasteiger partial charge in [0.2, 0.25) is 0 Å². The molecule has 0 fully saturated rings. The third kappa shape index (κ3) is 1.52. The monoisotopic (exact) mass is 151 g/mol. The average Bonchev–Trinajstić information content (AvgIpc) is 1.85. The molecule has 0 aliphatic rings. The van der Waals surface area contributed by atoms with Gasteiger partial charge in [-0.15, -0.1) is 0 Å². The molecule has 0 radical (unpaired) electrons. The first kappa shape index (κ1) is 7.65. The molecule has 58 valence electrons. The minimum atomic E-state index is -1.28. The second-order valence-electron chi connectivity index (χ2n) is 2.23. The highest BCUT2D eigenvalue weighted by atomic mass is 16.4. The van der Waals surface area contributed by atoms with Crippen LogP contribution in [0.2, 0.25) is 0 Å². The van der Waals surface area contributed by atoms with Crippen LogP contribution in [0.4, 0.5) is 0 Å². The maximum atomic E-state index is 10.3. The van der Waals surface area contributed by atoms with Gasteiger partial charge in [0.1, 0.15) is 5.69 Å². The number of hydrogen-bond donors (Lipinski definition) is 0. The Morgan fingerprint density at radius 2 is 2.18 bits per heavy atom. The van der Waals surface area contributed by atoms with Gasteiger partial charge in [0, 0.05) is 6.20 Å². The SMILES string of the molecule is Cc1cnc(C(=O)[O-])c(C)n1. The molecule has 1 rings (SSSR count). The molecule has 4 nitrogen and oxygen atoms in total. The summed E-state index contributed by atoms with van der Waals surface area (Å²) in [7, 11) is 0. The predicted molar refractivity (Wildman–Crippen MR) is 35.8 cm³/mol. The van der Waals surface area contributed by atoms with E-state index in [1.165, 1.54) is 6.20 Å². The molecule has 0 saturated heterocycles. The van der Waals surface area contributed by atoms with Crippen LogP contribution in [0.3, 0.4) is 0 Å². The fourth-order valence-electron chi connectivity index (χ4n) is 0.798. The van der Waals surface area contributed by atoms with E-state index in [2.05, 4.69) is 9.97 Å². The highest BCUT2D eigenvalue weighted by Gasteiger charge is 2.00. The van der Waals surface area contributed by atoms with Gasteiger partial charge in [0.15, 0.2) is 0 Å². The number of carboxylic acids is 1. The number of carbonyl (C=O) groups is 1. The van der Waals surface area contributed by atoms with Crippen molar-refractivity contribution in [2.24, 2.45) is 0 Å². The highest BCUT2D eigenvalue weighted by Crippen LogP contribution is 1.99. The molecule has 0 unspecified atom stereocenters. The first-order valence-corrected chi connectivity index (χ1v) is 3.13. The number of aromatic nitrogens is 2. The van der Waals surface area contributed by atoms with Gasteiger partial charge < -0.3 is 9.90 Å². The van der Waals surface area contributed by atoms with Gasteiger partial charge in [0.25, 0.3) is 0 Å². The zero-order chi connectivity index (χ0) is 8.43. The molecular weight excluding hydrogens is 144 g/mol. The molecule has 4 heteroatoms. The topological polar surface area (TPSA) is 65.9 Å². The van der Waals surface area contributed by atoms with Gasteiger partial charge in [-0.2, -0.15) is 0 Å². The number of carbonyl (C=O) groups excluding carboxylic acids is 1. The number of aryl methyl sites for hydroxylation is 2. The minimum Gasteiger partial charge on any atom is -0.543 e. The van der Waals surface area contributed by atoms with E-state index in [0.29, 0.717) is 11.4 Å². The van der Waals surface area contributed by atoms with Crippen LogP contribution in [0.25, 0.3) is 0 Å². The lowest BCUT2D eigenvalue weighted by molar-refractivity contribution is -0.255. The van der Waals surface area contributed by atoms with Crippen molar-refractivity contribution < 1.29 is 9.90 Å². The normalized spacial score (nSPS) is 9.64. The molecule has 11 heavy (non-hydrogen) atoms. The molecule has 0 atom stereocenters. The maximum Gasteiger partial charge on any atom is 0.107 e. The van der Waals surface area contributed by atoms with Crippen LogP contribution in [0.15, 0.2) is 6.20 Å². The third-order valence-electron chi connectivity index (χ3n) is 1.26. The number of aromatic carboxylic acids is 1. The van der Waals surface area contributed by atoms with Crippen LogP contribution in [0.1, 0.15) is 21.9 Å². The Labute approximate surface area is 63.9 Å². The van der Waals surface area contributed by atoms with Crippen LogP contribution in [-0.2, 0) is 0 Å². The number of nitrogens with zero attached hydrogens (tertiary/aromatic N) is 2. The van der Waals surface area contributed by atoms with Crippen molar-refractivity contribution in [1.82, 2.24) is 9.97 Å². The summed E-state index contributed by atoms with van der Waals surface area (Å²) < 4.78 is 0. The molecule has 0 spiro atoms. The smallest absolute Gasteiger partial charge is 0.107 e. The first-order valence-electron chi connectivity index (χ1n) is 3.13. The van der Waals surface area contributed by atoms with E-state index < -0.39 is 5.97 Å². The number of hydrogen-bond acceptors (Lipinski definition) is 4. The molecular formula is C7H7N2O2-. The third-order valence-corrected chi connectivity index (χ3v) is 1.26. The van der Waals surface area contributed by atoms with Crippen molar-refractivity contribution in [3.63, 3.8) is 0 Å². The minimum absolute atomic E-state index is 0.0874. The summed E-state index contributed by atoms with van der Waals surface area (Å²) in [6.45, 7) is 3.34. The summed E-state index contributed by atoms with van der Waals surface area (Å²) in [5, 5.41) is 10.3. The van der Waals surface area contributed by atoms with Gasteiger partial charge in [-0.25, -0.2) is 0 Å². The summed E-state index contributed by atoms with van der Waals surface area (Å²) in [6.07, 6.45) is 1.40. The molecule has 0 bridgehead atoms. The predicted octanol–water partition coefficient (Wildman–Crippen LogP) is -0.543. The fourth-order valence-corrected chi connectivity index (χ4v) is 0.798. The molecule has 0 aliphatic carbocycles. The largest absolute Gasteiger partial charge is 0.543 e. The van der Waals surface area contributed by atoms with Gasteiger partial charge in [0.05, 0.1) is 17.4 Å². The summed E-state index contributed by atoms with van der Waals surface area (Å²) in [5.41, 5.74) is 1.01. The van der Waals surface area contributed by atoms with Gasteiger partial charge >= 0.3 is 0 Å². The van der Waals surface area contributed by atoms with E-state index in [0.717, 1.165) is 0 Å². The maximum absolute atomic E-state index is 10.3. The summed E-state index contributed by atoms with van der Waals surface area (Å²) >= 11 is 0. The van der Waals surface area contributed by atoms with Crippen LogP contribution in [0.5, 0.6) is 0 Å². The molecule has 0 amide bonds. The summed E-state index contributed by atoms with van der Waals surface area (Å²) in [5.74, 6) is -1.28. The first-order chi connectivity index (χ1) is 5.11. The standard InChI is InChI=1S/C7H8N2O2/c1-4-3-8-6(7(10)11)5(2)9-4/h3H,1-2H3,(H,10,11)/p-1. The van der Waals surface area contributed by atoms with Gasteiger partial charge in [-0.3, -0.25) is 9.97 Å². The van der Waals surface area contributed by atoms with Crippen LogP contribution in [0, 0.1) is 13.8 Å². The molecule has 0 aliphatic heterocycles. The van der Waals surface area contributed by atoms with E-state index in [9.17, 15) is 9.90 Å². The van der Waals surface area contributed by atoms with Crippen molar-refractivity contribution in [3.8, 4) is 0 Å². The van der Waals surface area contributed by atoms with Crippen molar-refractivity contribution in [2.45, 2.75) is 13.8 Å². The van der Waals surface area contributed by atoms with E-state index >= 15 is 0 Å². The molecule has 1 heterocycles. The average molecular weight is 151 g/mol. The van der Waals surface area contributed by atoms with E-state index in [1.807, 2.05) is 0 Å². The van der Waals surface area contributed by atoms with Gasteiger partial charge in [-0.05, 0) is 13.8 Å². The molecule has 0 aromatic carbocycles. The van der Waals surface area contributed by atoms with Crippen molar-refractivity contribution in [3.05, 3.63) is 23.3 Å². The fraction of sp³-hybridized carbons (Fsp3) is 0.286. The van der Waals surface area contributed by atoms with Crippen LogP contribution >= 0.6 is 0 Å². The Bertz CT molecular complexity index is 296. The molecule has 1 aromatic heterocycles. The lowest BCUT2D eigenvalue weighted by Crippen LogP contribution is -2.25. The number of carboxylic acid groups (broad SMARTS) is 1. The Morgan fingerprint density at radius 1 is 1.55 bits per heavy atom. The van der Waals surface area contributed by atoms with E-state index in [-0.39, 0.29) is 5.69 Å². The highest BCUT2D eigenvalue weighted by molar-refractivity contribution is 5.84. The molecule has 0 saturated carbocycles. The Hall–Kier alpha value is -1.45. The summed E-state index contributed by atoms with van der Waals surface area (Å²) in [4.78, 5) is 17.9. The lowest BCUT2D eigenvalue weighted by atomic mass is 10.3. The van der Waals surface area contributed by atoms with E-state index in [1.54, 1.807) is 13.8 Å². The second kappa shape index (κ2) is 2.65. The van der Waals surface area contributed by atoms with Crippen molar-refractivity contribution in [1.29, 1.82) is 0 Å². The van der Waals surface area contributed by atoms with Crippen molar-refractivity contribution in [2.75, 3.05) is 0 Å². The van der Waals surface area contributed by atoms with E-state index in [4.69, 9.17) is 0 Å².